The summed E-state index contributed by atoms with van der Waals surface area (Å²) in [5, 5.41) is 3.52. The Labute approximate surface area is 184 Å². The van der Waals surface area contributed by atoms with Crippen LogP contribution in [0.2, 0.25) is 5.02 Å². The molecule has 0 aliphatic carbocycles. The minimum atomic E-state index is -0.513. The van der Waals surface area contributed by atoms with Gasteiger partial charge < -0.3 is 10.1 Å². The second-order valence-electron chi connectivity index (χ2n) is 7.18. The first-order valence-electron chi connectivity index (χ1n) is 9.87. The highest BCUT2D eigenvalue weighted by atomic mass is 35.5. The van der Waals surface area contributed by atoms with E-state index in [1.807, 2.05) is 30.3 Å². The molecule has 2 saturated heterocycles. The van der Waals surface area contributed by atoms with E-state index in [1.165, 1.54) is 11.8 Å². The lowest BCUT2D eigenvalue weighted by molar-refractivity contribution is -0.129. The summed E-state index contributed by atoms with van der Waals surface area (Å²) in [6.07, 6.45) is 2.01. The Morgan fingerprint density at radius 1 is 1.20 bits per heavy atom. The number of amides is 2. The van der Waals surface area contributed by atoms with Gasteiger partial charge in [0.1, 0.15) is 5.25 Å². The summed E-state index contributed by atoms with van der Waals surface area (Å²) in [5.74, 6) is -0.322. The van der Waals surface area contributed by atoms with E-state index >= 15 is 0 Å². The van der Waals surface area contributed by atoms with Gasteiger partial charge in [-0.1, -0.05) is 41.6 Å². The molecule has 0 radical (unpaired) electrons. The first kappa shape index (κ1) is 20.9. The minimum Gasteiger partial charge on any atom is -0.376 e. The summed E-state index contributed by atoms with van der Waals surface area (Å²) >= 11 is 7.22. The molecule has 2 aromatic carbocycles. The Balaban J connectivity index is 1.47. The van der Waals surface area contributed by atoms with Crippen molar-refractivity contribution >= 4 is 51.7 Å². The van der Waals surface area contributed by atoms with Crippen molar-refractivity contribution in [1.82, 2.24) is 4.90 Å². The Bertz CT molecular complexity index is 930. The van der Waals surface area contributed by atoms with Gasteiger partial charge in [0.2, 0.25) is 11.8 Å². The third-order valence-corrected chi connectivity index (χ3v) is 6.34. The number of rotatable bonds is 6. The summed E-state index contributed by atoms with van der Waals surface area (Å²) < 4.78 is 5.72. The molecule has 2 fully saturated rings. The molecule has 6 nitrogen and oxygen atoms in total. The standard InChI is InChI=1S/C22H22ClN3O3S/c23-15-8-10-17(11-9-15)24-20(27)13-19-21(28)26(14-18-7-4-12-29-18)22(30-19)25-16-5-2-1-3-6-16/h1-3,5-6,8-11,18-19H,4,7,12-14H2,(H,24,27). The number of amidine groups is 1. The third-order valence-electron chi connectivity index (χ3n) is 4.91. The maximum absolute atomic E-state index is 13.1. The molecule has 1 N–H and O–H groups in total. The van der Waals surface area contributed by atoms with E-state index < -0.39 is 5.25 Å². The predicted octanol–water partition coefficient (Wildman–Crippen LogP) is 4.48. The Morgan fingerprint density at radius 3 is 2.67 bits per heavy atom. The molecule has 2 aliphatic heterocycles. The Morgan fingerprint density at radius 2 is 1.97 bits per heavy atom. The highest BCUT2D eigenvalue weighted by molar-refractivity contribution is 8.15. The number of aliphatic imine (C=N–C) groups is 1. The monoisotopic (exact) mass is 443 g/mol. The molecule has 2 unspecified atom stereocenters. The van der Waals surface area contributed by atoms with Gasteiger partial charge in [-0.25, -0.2) is 4.99 Å². The number of anilines is 1. The highest BCUT2D eigenvalue weighted by Gasteiger charge is 2.40. The SMILES string of the molecule is O=C(CC1SC(=Nc2ccccc2)N(CC2CCCO2)C1=O)Nc1ccc(Cl)cc1. The van der Waals surface area contributed by atoms with Gasteiger partial charge >= 0.3 is 0 Å². The van der Waals surface area contributed by atoms with Crippen molar-refractivity contribution in [3.63, 3.8) is 0 Å². The maximum atomic E-state index is 13.1. The van der Waals surface area contributed by atoms with Crippen molar-refractivity contribution in [2.24, 2.45) is 4.99 Å². The molecule has 0 spiro atoms. The van der Waals surface area contributed by atoms with Crippen LogP contribution in [0, 0.1) is 0 Å². The van der Waals surface area contributed by atoms with Crippen LogP contribution in [0.15, 0.2) is 59.6 Å². The number of ether oxygens (including phenoxy) is 1. The molecule has 2 heterocycles. The summed E-state index contributed by atoms with van der Waals surface area (Å²) in [6, 6.07) is 16.4. The quantitative estimate of drug-likeness (QED) is 0.714. The molecule has 2 amide bonds. The molecule has 0 aromatic heterocycles. The zero-order valence-corrected chi connectivity index (χ0v) is 17.9. The summed E-state index contributed by atoms with van der Waals surface area (Å²) in [5.41, 5.74) is 1.42. The lowest BCUT2D eigenvalue weighted by Gasteiger charge is -2.20. The van der Waals surface area contributed by atoms with Gasteiger partial charge in [0.25, 0.3) is 0 Å². The highest BCUT2D eigenvalue weighted by Crippen LogP contribution is 2.33. The zero-order chi connectivity index (χ0) is 20.9. The molecule has 2 atom stereocenters. The van der Waals surface area contributed by atoms with Crippen molar-refractivity contribution < 1.29 is 14.3 Å². The summed E-state index contributed by atoms with van der Waals surface area (Å²) in [7, 11) is 0. The third kappa shape index (κ3) is 5.22. The minimum absolute atomic E-state index is 0.0113. The molecule has 4 rings (SSSR count). The first-order chi connectivity index (χ1) is 14.6. The molecule has 156 valence electrons. The van der Waals surface area contributed by atoms with E-state index in [4.69, 9.17) is 16.3 Å². The van der Waals surface area contributed by atoms with Crippen LogP contribution in [0.5, 0.6) is 0 Å². The fraction of sp³-hybridized carbons (Fsp3) is 0.318. The average Bonchev–Trinajstić information content (AvgIpc) is 3.35. The molecule has 0 bridgehead atoms. The number of carbonyl (C=O) groups is 2. The lowest BCUT2D eigenvalue weighted by atomic mass is 10.2. The van der Waals surface area contributed by atoms with Gasteiger partial charge in [-0.3, -0.25) is 14.5 Å². The van der Waals surface area contributed by atoms with E-state index in [0.717, 1.165) is 25.1 Å². The fourth-order valence-electron chi connectivity index (χ4n) is 3.41. The van der Waals surface area contributed by atoms with Crippen LogP contribution >= 0.6 is 23.4 Å². The van der Waals surface area contributed by atoms with Crippen molar-refractivity contribution in [3.8, 4) is 0 Å². The number of hydrogen-bond donors (Lipinski definition) is 1. The smallest absolute Gasteiger partial charge is 0.242 e. The molecular formula is C22H22ClN3O3S. The summed E-state index contributed by atoms with van der Waals surface area (Å²) in [6.45, 7) is 1.19. The number of carbonyl (C=O) groups excluding carboxylic acids is 2. The average molecular weight is 444 g/mol. The fourth-order valence-corrected chi connectivity index (χ4v) is 4.70. The molecule has 0 saturated carbocycles. The largest absolute Gasteiger partial charge is 0.376 e. The Kier molecular flexibility index (Phi) is 6.72. The van der Waals surface area contributed by atoms with Gasteiger partial charge in [-0.15, -0.1) is 0 Å². The number of hydrogen-bond acceptors (Lipinski definition) is 5. The molecule has 30 heavy (non-hydrogen) atoms. The topological polar surface area (TPSA) is 71.0 Å². The number of nitrogens with zero attached hydrogens (tertiary/aromatic N) is 2. The number of nitrogens with one attached hydrogen (secondary N) is 1. The second-order valence-corrected chi connectivity index (χ2v) is 8.79. The van der Waals surface area contributed by atoms with Crippen LogP contribution in [0.1, 0.15) is 19.3 Å². The van der Waals surface area contributed by atoms with Crippen molar-refractivity contribution in [2.75, 3.05) is 18.5 Å². The number of benzene rings is 2. The van der Waals surface area contributed by atoms with E-state index in [-0.39, 0.29) is 24.3 Å². The Hall–Kier alpha value is -2.35. The van der Waals surface area contributed by atoms with E-state index in [1.54, 1.807) is 29.2 Å². The normalized spacial score (nSPS) is 22.6. The second kappa shape index (κ2) is 9.64. The number of halogens is 1. The predicted molar refractivity (Wildman–Crippen MR) is 120 cm³/mol. The van der Waals surface area contributed by atoms with Crippen molar-refractivity contribution in [3.05, 3.63) is 59.6 Å². The molecule has 8 heteroatoms. The molecule has 2 aromatic rings. The van der Waals surface area contributed by atoms with Crippen LogP contribution in [0.25, 0.3) is 0 Å². The summed E-state index contributed by atoms with van der Waals surface area (Å²) in [4.78, 5) is 32.0. The van der Waals surface area contributed by atoms with Crippen LogP contribution in [0.3, 0.4) is 0 Å². The van der Waals surface area contributed by atoms with Crippen LogP contribution in [-0.2, 0) is 14.3 Å². The number of para-hydroxylation sites is 1. The van der Waals surface area contributed by atoms with Gasteiger partial charge in [-0.05, 0) is 49.2 Å². The molecular weight excluding hydrogens is 422 g/mol. The van der Waals surface area contributed by atoms with Gasteiger partial charge in [-0.2, -0.15) is 0 Å². The lowest BCUT2D eigenvalue weighted by Crippen LogP contribution is -2.38. The van der Waals surface area contributed by atoms with E-state index in [9.17, 15) is 9.59 Å². The van der Waals surface area contributed by atoms with Gasteiger partial charge in [0.15, 0.2) is 5.17 Å². The van der Waals surface area contributed by atoms with Gasteiger partial charge in [0, 0.05) is 23.7 Å². The van der Waals surface area contributed by atoms with Crippen LogP contribution in [-0.4, -0.2) is 46.4 Å². The van der Waals surface area contributed by atoms with Crippen molar-refractivity contribution in [2.45, 2.75) is 30.6 Å². The van der Waals surface area contributed by atoms with Crippen molar-refractivity contribution in [1.29, 1.82) is 0 Å². The van der Waals surface area contributed by atoms with E-state index in [0.29, 0.717) is 22.4 Å². The molecule has 2 aliphatic rings. The van der Waals surface area contributed by atoms with E-state index in [2.05, 4.69) is 10.3 Å². The zero-order valence-electron chi connectivity index (χ0n) is 16.3. The maximum Gasteiger partial charge on any atom is 0.242 e. The van der Waals surface area contributed by atoms with Crippen LogP contribution < -0.4 is 5.32 Å². The number of thioether (sulfide) groups is 1. The first-order valence-corrected chi connectivity index (χ1v) is 11.1. The van der Waals surface area contributed by atoms with Gasteiger partial charge in [0.05, 0.1) is 18.3 Å². The van der Waals surface area contributed by atoms with Crippen LogP contribution in [0.4, 0.5) is 11.4 Å².